The number of rotatable bonds is 3. The molecule has 4 nitrogen and oxygen atoms in total. The predicted molar refractivity (Wildman–Crippen MR) is 68.0 cm³/mol. The fourth-order valence-electron chi connectivity index (χ4n) is 1.65. The van der Waals surface area contributed by atoms with E-state index in [-0.39, 0.29) is 22.6 Å². The quantitative estimate of drug-likeness (QED) is 0.926. The smallest absolute Gasteiger partial charge is 0.373 e. The van der Waals surface area contributed by atoms with Gasteiger partial charge in [-0.15, -0.1) is 0 Å². The second-order valence-electron chi connectivity index (χ2n) is 4.32. The number of aromatic nitrogens is 1. The van der Waals surface area contributed by atoms with E-state index in [1.807, 2.05) is 0 Å². The molecule has 19 heavy (non-hydrogen) atoms. The molecule has 0 aliphatic heterocycles. The summed E-state index contributed by atoms with van der Waals surface area (Å²) in [6.07, 6.45) is 0. The number of carboxylic acid groups (broad SMARTS) is 1. The molecule has 100 valence electrons. The number of halogens is 2. The van der Waals surface area contributed by atoms with Crippen LogP contribution in [-0.2, 0) is 0 Å². The first-order valence-corrected chi connectivity index (χ1v) is 5.97. The van der Waals surface area contributed by atoms with Crippen molar-refractivity contribution in [2.24, 2.45) is 0 Å². The van der Waals surface area contributed by atoms with Crippen molar-refractivity contribution >= 4 is 17.6 Å². The fourth-order valence-corrected chi connectivity index (χ4v) is 1.90. The van der Waals surface area contributed by atoms with Crippen molar-refractivity contribution in [1.82, 2.24) is 4.98 Å². The minimum Gasteiger partial charge on any atom is -0.475 e. The Kier molecular flexibility index (Phi) is 3.57. The molecule has 0 aliphatic carbocycles. The van der Waals surface area contributed by atoms with Gasteiger partial charge in [-0.1, -0.05) is 25.4 Å². The first-order valence-electron chi connectivity index (χ1n) is 5.59. The van der Waals surface area contributed by atoms with Crippen LogP contribution in [0, 0.1) is 5.82 Å². The van der Waals surface area contributed by atoms with E-state index in [0.29, 0.717) is 11.3 Å². The van der Waals surface area contributed by atoms with Crippen molar-refractivity contribution < 1.29 is 18.7 Å². The van der Waals surface area contributed by atoms with Crippen LogP contribution in [0.1, 0.15) is 36.0 Å². The summed E-state index contributed by atoms with van der Waals surface area (Å²) in [6.45, 7) is 3.61. The molecule has 0 unspecified atom stereocenters. The summed E-state index contributed by atoms with van der Waals surface area (Å²) in [5.74, 6) is -1.93. The summed E-state index contributed by atoms with van der Waals surface area (Å²) in [7, 11) is 0. The van der Waals surface area contributed by atoms with Gasteiger partial charge in [-0.25, -0.2) is 14.2 Å². The highest BCUT2D eigenvalue weighted by Crippen LogP contribution is 2.31. The molecule has 0 saturated heterocycles. The molecule has 6 heteroatoms. The summed E-state index contributed by atoms with van der Waals surface area (Å²) >= 11 is 5.90. The van der Waals surface area contributed by atoms with Gasteiger partial charge in [0.15, 0.2) is 0 Å². The summed E-state index contributed by atoms with van der Waals surface area (Å²) in [6, 6.07) is 3.73. The lowest BCUT2D eigenvalue weighted by molar-refractivity contribution is 0.0661. The number of benzene rings is 1. The zero-order valence-corrected chi connectivity index (χ0v) is 11.0. The Hall–Kier alpha value is -1.88. The Morgan fingerprint density at radius 2 is 2.16 bits per heavy atom. The van der Waals surface area contributed by atoms with Gasteiger partial charge in [0, 0.05) is 0 Å². The van der Waals surface area contributed by atoms with Crippen molar-refractivity contribution in [2.75, 3.05) is 0 Å². The normalized spacial score (nSPS) is 11.0. The van der Waals surface area contributed by atoms with Crippen molar-refractivity contribution in [3.05, 3.63) is 40.5 Å². The molecule has 2 rings (SSSR count). The van der Waals surface area contributed by atoms with Crippen LogP contribution in [0.2, 0.25) is 5.02 Å². The molecule has 0 saturated carbocycles. The molecule has 0 fully saturated rings. The number of hydrogen-bond donors (Lipinski definition) is 1. The average Bonchev–Trinajstić information content (AvgIpc) is 2.73. The summed E-state index contributed by atoms with van der Waals surface area (Å²) in [4.78, 5) is 15.2. The summed E-state index contributed by atoms with van der Waals surface area (Å²) < 4.78 is 18.2. The first-order chi connectivity index (χ1) is 8.90. The Labute approximate surface area is 113 Å². The molecule has 2 aromatic rings. The summed E-state index contributed by atoms with van der Waals surface area (Å²) in [5, 5.41) is 9.18. The Morgan fingerprint density at radius 1 is 1.47 bits per heavy atom. The third kappa shape index (κ3) is 2.61. The van der Waals surface area contributed by atoms with Crippen LogP contribution in [0.3, 0.4) is 0 Å². The molecule has 0 aliphatic rings. The minimum atomic E-state index is -1.19. The van der Waals surface area contributed by atoms with Gasteiger partial charge < -0.3 is 9.52 Å². The second-order valence-corrected chi connectivity index (χ2v) is 4.72. The largest absolute Gasteiger partial charge is 0.475 e. The number of oxazole rings is 1. The Morgan fingerprint density at radius 3 is 2.63 bits per heavy atom. The maximum atomic E-state index is 13.0. The summed E-state index contributed by atoms with van der Waals surface area (Å²) in [5.41, 5.74) is 0.695. The molecular formula is C13H11ClFNO3. The van der Waals surface area contributed by atoms with E-state index in [9.17, 15) is 9.18 Å². The van der Waals surface area contributed by atoms with Crippen LogP contribution in [0.15, 0.2) is 22.6 Å². The van der Waals surface area contributed by atoms with Crippen molar-refractivity contribution in [3.8, 4) is 11.5 Å². The van der Waals surface area contributed by atoms with E-state index >= 15 is 0 Å². The highest BCUT2D eigenvalue weighted by atomic mass is 35.5. The molecule has 0 amide bonds. The number of nitrogens with zero attached hydrogens (tertiary/aromatic N) is 1. The van der Waals surface area contributed by atoms with Crippen molar-refractivity contribution in [1.29, 1.82) is 0 Å². The molecule has 0 atom stereocenters. The van der Waals surface area contributed by atoms with Gasteiger partial charge in [-0.3, -0.25) is 0 Å². The van der Waals surface area contributed by atoms with Crippen LogP contribution in [0.5, 0.6) is 0 Å². The lowest BCUT2D eigenvalue weighted by atomic mass is 10.1. The Bertz CT molecular complexity index is 637. The van der Waals surface area contributed by atoms with Crippen LogP contribution in [0.25, 0.3) is 11.5 Å². The number of hydrogen-bond acceptors (Lipinski definition) is 3. The molecule has 1 N–H and O–H groups in total. The maximum Gasteiger partial charge on any atom is 0.373 e. The number of carboxylic acids is 1. The van der Waals surface area contributed by atoms with Crippen LogP contribution in [-0.4, -0.2) is 16.1 Å². The van der Waals surface area contributed by atoms with Gasteiger partial charge >= 0.3 is 5.97 Å². The lowest BCUT2D eigenvalue weighted by Gasteiger charge is -1.99. The zero-order chi connectivity index (χ0) is 14.2. The zero-order valence-electron chi connectivity index (χ0n) is 10.3. The molecule has 1 heterocycles. The number of aromatic carboxylic acids is 1. The van der Waals surface area contributed by atoms with Crippen molar-refractivity contribution in [2.45, 2.75) is 19.8 Å². The van der Waals surface area contributed by atoms with Crippen molar-refractivity contribution in [3.63, 3.8) is 0 Å². The SMILES string of the molecule is CC(C)c1nc(-c2ccc(F)cc2Cl)oc1C(=O)O. The second kappa shape index (κ2) is 5.01. The third-order valence-corrected chi connectivity index (χ3v) is 2.87. The maximum absolute atomic E-state index is 13.0. The number of carbonyl (C=O) groups is 1. The molecule has 0 spiro atoms. The van der Waals surface area contributed by atoms with Crippen LogP contribution >= 0.6 is 11.6 Å². The standard InChI is InChI=1S/C13H11ClFNO3/c1-6(2)10-11(13(17)18)19-12(16-10)8-4-3-7(15)5-9(8)14/h3-6H,1-2H3,(H,17,18). The highest BCUT2D eigenvalue weighted by molar-refractivity contribution is 6.33. The van der Waals surface area contributed by atoms with E-state index in [2.05, 4.69) is 4.98 Å². The minimum absolute atomic E-state index is 0.0751. The molecule has 0 radical (unpaired) electrons. The van der Waals surface area contributed by atoms with Gasteiger partial charge in [0.25, 0.3) is 0 Å². The lowest BCUT2D eigenvalue weighted by Crippen LogP contribution is -2.01. The third-order valence-electron chi connectivity index (χ3n) is 2.56. The first kappa shape index (κ1) is 13.5. The Balaban J connectivity index is 2.57. The molecular weight excluding hydrogens is 273 g/mol. The van der Waals surface area contributed by atoms with E-state index in [1.54, 1.807) is 13.8 Å². The van der Waals surface area contributed by atoms with E-state index in [1.165, 1.54) is 12.1 Å². The predicted octanol–water partition coefficient (Wildman–Crippen LogP) is 3.96. The van der Waals surface area contributed by atoms with Gasteiger partial charge in [-0.2, -0.15) is 0 Å². The highest BCUT2D eigenvalue weighted by Gasteiger charge is 2.23. The molecule has 1 aromatic carbocycles. The van der Waals surface area contributed by atoms with Crippen LogP contribution < -0.4 is 0 Å². The van der Waals surface area contributed by atoms with Gasteiger partial charge in [0.05, 0.1) is 16.3 Å². The van der Waals surface area contributed by atoms with E-state index in [4.69, 9.17) is 21.1 Å². The topological polar surface area (TPSA) is 63.3 Å². The van der Waals surface area contributed by atoms with Gasteiger partial charge in [0.1, 0.15) is 5.82 Å². The van der Waals surface area contributed by atoms with Gasteiger partial charge in [-0.05, 0) is 24.1 Å². The van der Waals surface area contributed by atoms with E-state index in [0.717, 1.165) is 6.07 Å². The molecule has 0 bridgehead atoms. The van der Waals surface area contributed by atoms with Crippen LogP contribution in [0.4, 0.5) is 4.39 Å². The fraction of sp³-hybridized carbons (Fsp3) is 0.231. The monoisotopic (exact) mass is 283 g/mol. The van der Waals surface area contributed by atoms with E-state index < -0.39 is 11.8 Å². The average molecular weight is 284 g/mol. The molecule has 1 aromatic heterocycles. The van der Waals surface area contributed by atoms with Gasteiger partial charge in [0.2, 0.25) is 11.7 Å².